The molecule has 0 aliphatic heterocycles. The Morgan fingerprint density at radius 1 is 1.56 bits per heavy atom. The summed E-state index contributed by atoms with van der Waals surface area (Å²) in [5.74, 6) is -0.687. The fourth-order valence-corrected chi connectivity index (χ4v) is 1.26. The predicted molar refractivity (Wildman–Crippen MR) is 61.8 cm³/mol. The molecule has 0 saturated carbocycles. The second-order valence-corrected chi connectivity index (χ2v) is 4.88. The number of anilines is 1. The van der Waals surface area contributed by atoms with Crippen LogP contribution in [0.1, 0.15) is 20.8 Å². The summed E-state index contributed by atoms with van der Waals surface area (Å²) >= 11 is 2.98. The molecule has 1 amide bonds. The highest BCUT2D eigenvalue weighted by Gasteiger charge is 2.17. The Morgan fingerprint density at radius 2 is 2.19 bits per heavy atom. The number of halogens is 2. The number of ether oxygens (including phenoxy) is 1. The van der Waals surface area contributed by atoms with Gasteiger partial charge in [0, 0.05) is 6.20 Å². The van der Waals surface area contributed by atoms with Gasteiger partial charge in [-0.15, -0.1) is 0 Å². The molecule has 6 heteroatoms. The monoisotopic (exact) mass is 290 g/mol. The summed E-state index contributed by atoms with van der Waals surface area (Å²) in [7, 11) is 0. The first kappa shape index (κ1) is 12.9. The average Bonchev–Trinajstić information content (AvgIpc) is 2.09. The van der Waals surface area contributed by atoms with Gasteiger partial charge in [-0.1, -0.05) is 0 Å². The molecule has 0 fully saturated rings. The third-order valence-corrected chi connectivity index (χ3v) is 2.24. The Hall–Kier alpha value is -1.17. The van der Waals surface area contributed by atoms with E-state index in [4.69, 9.17) is 4.74 Å². The zero-order valence-corrected chi connectivity index (χ0v) is 10.8. The Labute approximate surface area is 101 Å². The van der Waals surface area contributed by atoms with Crippen molar-refractivity contribution in [3.05, 3.63) is 22.7 Å². The first-order chi connectivity index (χ1) is 7.29. The van der Waals surface area contributed by atoms with E-state index in [2.05, 4.69) is 26.2 Å². The van der Waals surface area contributed by atoms with E-state index >= 15 is 0 Å². The van der Waals surface area contributed by atoms with E-state index in [0.717, 1.165) is 0 Å². The van der Waals surface area contributed by atoms with Crippen LogP contribution in [0.25, 0.3) is 0 Å². The summed E-state index contributed by atoms with van der Waals surface area (Å²) in [6, 6.07) is 1.47. The van der Waals surface area contributed by atoms with Crippen LogP contribution in [-0.4, -0.2) is 16.7 Å². The van der Waals surface area contributed by atoms with Gasteiger partial charge in [0.25, 0.3) is 0 Å². The third kappa shape index (κ3) is 3.77. The second-order valence-electron chi connectivity index (χ2n) is 4.09. The highest BCUT2D eigenvalue weighted by atomic mass is 79.9. The number of pyridine rings is 1. The van der Waals surface area contributed by atoms with Crippen LogP contribution >= 0.6 is 15.9 Å². The van der Waals surface area contributed by atoms with Crippen LogP contribution in [0.15, 0.2) is 16.7 Å². The number of carbonyl (C=O) groups excluding carboxylic acids is 1. The molecule has 88 valence electrons. The van der Waals surface area contributed by atoms with E-state index in [-0.39, 0.29) is 10.2 Å². The van der Waals surface area contributed by atoms with Crippen molar-refractivity contribution in [2.75, 3.05) is 5.32 Å². The minimum Gasteiger partial charge on any atom is -0.444 e. The number of hydrogen-bond donors (Lipinski definition) is 1. The zero-order valence-electron chi connectivity index (χ0n) is 9.17. The van der Waals surface area contributed by atoms with E-state index in [9.17, 15) is 9.18 Å². The smallest absolute Gasteiger partial charge is 0.412 e. The second kappa shape index (κ2) is 4.78. The lowest BCUT2D eigenvalue weighted by Gasteiger charge is -2.19. The molecule has 0 aliphatic rings. The van der Waals surface area contributed by atoms with Crippen LogP contribution in [0, 0.1) is 5.95 Å². The standard InChI is InChI=1S/C10H12BrFN2O2/c1-10(2,3)16-9(15)14-6-4-5-13-8(12)7(6)11/h4-5H,1-3H3,(H,13,14,15). The SMILES string of the molecule is CC(C)(C)OC(=O)Nc1ccnc(F)c1Br. The van der Waals surface area contributed by atoms with E-state index in [0.29, 0.717) is 0 Å². The van der Waals surface area contributed by atoms with Gasteiger partial charge >= 0.3 is 6.09 Å². The molecule has 0 radical (unpaired) electrons. The largest absolute Gasteiger partial charge is 0.444 e. The number of nitrogens with zero attached hydrogens (tertiary/aromatic N) is 1. The van der Waals surface area contributed by atoms with Crippen molar-refractivity contribution < 1.29 is 13.9 Å². The molecule has 16 heavy (non-hydrogen) atoms. The molecule has 0 aliphatic carbocycles. The molecule has 4 nitrogen and oxygen atoms in total. The van der Waals surface area contributed by atoms with Crippen molar-refractivity contribution in [2.24, 2.45) is 0 Å². The maximum Gasteiger partial charge on any atom is 0.412 e. The van der Waals surface area contributed by atoms with Crippen molar-refractivity contribution in [1.82, 2.24) is 4.98 Å². The van der Waals surface area contributed by atoms with Gasteiger partial charge in [-0.2, -0.15) is 4.39 Å². The lowest BCUT2D eigenvalue weighted by molar-refractivity contribution is 0.0636. The van der Waals surface area contributed by atoms with Crippen molar-refractivity contribution in [1.29, 1.82) is 0 Å². The Morgan fingerprint density at radius 3 is 2.75 bits per heavy atom. The highest BCUT2D eigenvalue weighted by Crippen LogP contribution is 2.24. The van der Waals surface area contributed by atoms with Crippen LogP contribution in [0.5, 0.6) is 0 Å². The van der Waals surface area contributed by atoms with Gasteiger partial charge in [-0.3, -0.25) is 5.32 Å². The van der Waals surface area contributed by atoms with Crippen molar-refractivity contribution in [2.45, 2.75) is 26.4 Å². The Balaban J connectivity index is 2.74. The molecular weight excluding hydrogens is 279 g/mol. The van der Waals surface area contributed by atoms with Crippen molar-refractivity contribution in [3.63, 3.8) is 0 Å². The van der Waals surface area contributed by atoms with Gasteiger partial charge in [0.05, 0.1) is 10.2 Å². The highest BCUT2D eigenvalue weighted by molar-refractivity contribution is 9.10. The Bertz CT molecular complexity index is 404. The Kier molecular flexibility index (Phi) is 3.85. The van der Waals surface area contributed by atoms with Crippen molar-refractivity contribution in [3.8, 4) is 0 Å². The van der Waals surface area contributed by atoms with Crippen molar-refractivity contribution >= 4 is 27.7 Å². The summed E-state index contributed by atoms with van der Waals surface area (Å²) in [5, 5.41) is 2.42. The van der Waals surface area contributed by atoms with Crippen LogP contribution in [-0.2, 0) is 4.74 Å². The van der Waals surface area contributed by atoms with Gasteiger partial charge in [0.15, 0.2) is 0 Å². The molecule has 0 saturated heterocycles. The van der Waals surface area contributed by atoms with E-state index in [1.807, 2.05) is 0 Å². The quantitative estimate of drug-likeness (QED) is 0.807. The van der Waals surface area contributed by atoms with Crippen LogP contribution < -0.4 is 5.32 Å². The normalized spacial score (nSPS) is 11.1. The van der Waals surface area contributed by atoms with Gasteiger partial charge in [0.2, 0.25) is 5.95 Å². The number of carbonyl (C=O) groups is 1. The van der Waals surface area contributed by atoms with Gasteiger partial charge in [0.1, 0.15) is 5.60 Å². The first-order valence-electron chi connectivity index (χ1n) is 4.59. The molecule has 1 rings (SSSR count). The molecule has 0 unspecified atom stereocenters. The van der Waals surface area contributed by atoms with Crippen LogP contribution in [0.3, 0.4) is 0 Å². The molecule has 1 aromatic heterocycles. The van der Waals surface area contributed by atoms with E-state index in [1.54, 1.807) is 20.8 Å². The van der Waals surface area contributed by atoms with Crippen LogP contribution in [0.4, 0.5) is 14.9 Å². The summed E-state index contributed by atoms with van der Waals surface area (Å²) in [6.45, 7) is 5.23. The molecule has 1 aromatic rings. The third-order valence-electron chi connectivity index (χ3n) is 1.48. The van der Waals surface area contributed by atoms with E-state index in [1.165, 1.54) is 12.3 Å². The number of aromatic nitrogens is 1. The summed E-state index contributed by atoms with van der Waals surface area (Å²) < 4.78 is 18.1. The maximum absolute atomic E-state index is 13.0. The number of rotatable bonds is 1. The number of hydrogen-bond acceptors (Lipinski definition) is 3. The maximum atomic E-state index is 13.0. The number of amides is 1. The van der Waals surface area contributed by atoms with Gasteiger partial charge < -0.3 is 4.74 Å². The molecule has 0 bridgehead atoms. The fraction of sp³-hybridized carbons (Fsp3) is 0.400. The van der Waals surface area contributed by atoms with E-state index < -0.39 is 17.6 Å². The summed E-state index contributed by atoms with van der Waals surface area (Å²) in [5.41, 5.74) is -0.316. The molecule has 1 N–H and O–H groups in total. The molecule has 0 aromatic carbocycles. The topological polar surface area (TPSA) is 51.2 Å². The van der Waals surface area contributed by atoms with Gasteiger partial charge in [-0.25, -0.2) is 9.78 Å². The molecule has 0 atom stereocenters. The average molecular weight is 291 g/mol. The molecular formula is C10H12BrFN2O2. The molecule has 0 spiro atoms. The lowest BCUT2D eigenvalue weighted by atomic mass is 10.2. The first-order valence-corrected chi connectivity index (χ1v) is 5.39. The zero-order chi connectivity index (χ0) is 12.3. The lowest BCUT2D eigenvalue weighted by Crippen LogP contribution is -2.27. The van der Waals surface area contributed by atoms with Gasteiger partial charge in [-0.05, 0) is 42.8 Å². The molecule has 1 heterocycles. The number of nitrogens with one attached hydrogen (secondary N) is 1. The predicted octanol–water partition coefficient (Wildman–Crippen LogP) is 3.33. The minimum absolute atomic E-state index is 0.0980. The summed E-state index contributed by atoms with van der Waals surface area (Å²) in [6.07, 6.45) is 0.617. The fourth-order valence-electron chi connectivity index (χ4n) is 0.928. The summed E-state index contributed by atoms with van der Waals surface area (Å²) in [4.78, 5) is 14.8. The minimum atomic E-state index is -0.687. The van der Waals surface area contributed by atoms with Crippen LogP contribution in [0.2, 0.25) is 0 Å².